The molecule has 0 saturated heterocycles. The lowest BCUT2D eigenvalue weighted by Crippen LogP contribution is -1.93. The molecule has 0 aliphatic rings. The lowest BCUT2D eigenvalue weighted by molar-refractivity contribution is -0.133. The van der Waals surface area contributed by atoms with Gasteiger partial charge in [-0.25, -0.2) is 14.4 Å². The van der Waals surface area contributed by atoms with Crippen LogP contribution in [0.15, 0.2) is 79.5 Å². The standard InChI is InChI=1S/C16H22.3C4H6O2/c1-4-7-11-15-12-8-9-13-16(15)14(6-3)10-5-2;3*1-3(2)4(5)6/h5-6,8-9,12-13H,2,4,7,10-11H2,1,3H3;3*1H2,2H3,(H,5,6). The molecule has 1 aromatic carbocycles. The van der Waals surface area contributed by atoms with Crippen LogP contribution in [0.3, 0.4) is 0 Å². The first-order valence-electron chi connectivity index (χ1n) is 10.8. The number of benzene rings is 1. The van der Waals surface area contributed by atoms with Gasteiger partial charge in [-0.05, 0) is 63.7 Å². The normalized spacial score (nSPS) is 9.38. The molecule has 34 heavy (non-hydrogen) atoms. The summed E-state index contributed by atoms with van der Waals surface area (Å²) in [5.74, 6) is -2.81. The second kappa shape index (κ2) is 21.2. The van der Waals surface area contributed by atoms with Crippen LogP contribution in [0, 0.1) is 0 Å². The third-order valence-corrected chi connectivity index (χ3v) is 3.97. The van der Waals surface area contributed by atoms with Crippen molar-refractivity contribution in [1.29, 1.82) is 0 Å². The molecule has 0 amide bonds. The maximum Gasteiger partial charge on any atom is 0.330 e. The van der Waals surface area contributed by atoms with E-state index < -0.39 is 17.9 Å². The lowest BCUT2D eigenvalue weighted by atomic mass is 9.94. The molecule has 0 aromatic heterocycles. The summed E-state index contributed by atoms with van der Waals surface area (Å²) in [5.41, 5.74) is 4.79. The van der Waals surface area contributed by atoms with Gasteiger partial charge >= 0.3 is 17.9 Å². The lowest BCUT2D eigenvalue weighted by Gasteiger charge is -2.11. The average molecular weight is 473 g/mol. The molecule has 0 fully saturated rings. The molecule has 1 aromatic rings. The number of hydrogen-bond donors (Lipinski definition) is 3. The molecule has 0 radical (unpaired) electrons. The molecule has 1 rings (SSSR count). The van der Waals surface area contributed by atoms with Crippen molar-refractivity contribution < 1.29 is 29.7 Å². The van der Waals surface area contributed by atoms with Crippen molar-refractivity contribution >= 4 is 23.5 Å². The summed E-state index contributed by atoms with van der Waals surface area (Å²) < 4.78 is 0. The van der Waals surface area contributed by atoms with Crippen LogP contribution >= 0.6 is 0 Å². The Morgan fingerprint density at radius 2 is 1.24 bits per heavy atom. The van der Waals surface area contributed by atoms with Gasteiger partial charge in [-0.1, -0.05) is 69.5 Å². The molecule has 0 heterocycles. The fourth-order valence-electron chi connectivity index (χ4n) is 1.96. The van der Waals surface area contributed by atoms with Crippen LogP contribution in [0.4, 0.5) is 0 Å². The van der Waals surface area contributed by atoms with E-state index in [1.165, 1.54) is 56.7 Å². The molecule has 0 unspecified atom stereocenters. The Balaban J connectivity index is -0.000000442. The zero-order valence-corrected chi connectivity index (χ0v) is 21.2. The quantitative estimate of drug-likeness (QED) is 0.265. The van der Waals surface area contributed by atoms with Gasteiger partial charge in [-0.3, -0.25) is 0 Å². The van der Waals surface area contributed by atoms with E-state index in [1.807, 2.05) is 6.08 Å². The molecule has 6 nitrogen and oxygen atoms in total. The maximum atomic E-state index is 9.60. The van der Waals surface area contributed by atoms with Crippen molar-refractivity contribution in [2.24, 2.45) is 0 Å². The first-order valence-corrected chi connectivity index (χ1v) is 10.8. The number of carboxylic acids is 3. The third-order valence-electron chi connectivity index (χ3n) is 3.97. The predicted molar refractivity (Wildman–Crippen MR) is 141 cm³/mol. The number of hydrogen-bond acceptors (Lipinski definition) is 3. The highest BCUT2D eigenvalue weighted by Crippen LogP contribution is 2.23. The van der Waals surface area contributed by atoms with Crippen LogP contribution in [0.25, 0.3) is 5.57 Å². The van der Waals surface area contributed by atoms with Gasteiger partial charge in [0.05, 0.1) is 0 Å². The van der Waals surface area contributed by atoms with Crippen molar-refractivity contribution in [3.8, 4) is 0 Å². The average Bonchev–Trinajstić information content (AvgIpc) is 2.77. The summed E-state index contributed by atoms with van der Waals surface area (Å²) in [6.07, 6.45) is 8.84. The number of carboxylic acid groups (broad SMARTS) is 3. The first-order chi connectivity index (χ1) is 15.8. The van der Waals surface area contributed by atoms with E-state index >= 15 is 0 Å². The molecular weight excluding hydrogens is 432 g/mol. The largest absolute Gasteiger partial charge is 0.478 e. The molecule has 0 saturated carbocycles. The topological polar surface area (TPSA) is 112 Å². The molecule has 0 aliphatic heterocycles. The van der Waals surface area contributed by atoms with E-state index in [1.54, 1.807) is 0 Å². The van der Waals surface area contributed by atoms with E-state index in [4.69, 9.17) is 15.3 Å². The van der Waals surface area contributed by atoms with Crippen LogP contribution in [-0.4, -0.2) is 33.2 Å². The number of carbonyl (C=O) groups is 3. The SMILES string of the molecule is C=C(C)C(=O)O.C=C(C)C(=O)O.C=C(C)C(=O)O.C=CCC(=CC)c1ccccc1CCCC. The smallest absolute Gasteiger partial charge is 0.330 e. The summed E-state index contributed by atoms with van der Waals surface area (Å²) >= 11 is 0. The van der Waals surface area contributed by atoms with E-state index in [2.05, 4.69) is 70.5 Å². The van der Waals surface area contributed by atoms with Crippen LogP contribution in [-0.2, 0) is 20.8 Å². The monoisotopic (exact) mass is 472 g/mol. The highest BCUT2D eigenvalue weighted by molar-refractivity contribution is 5.85. The number of unbranched alkanes of at least 4 members (excludes halogenated alkanes) is 1. The minimum absolute atomic E-state index is 0.176. The Bertz CT molecular complexity index is 782. The second-order valence-corrected chi connectivity index (χ2v) is 7.32. The Morgan fingerprint density at radius 1 is 0.853 bits per heavy atom. The van der Waals surface area contributed by atoms with Gasteiger partial charge in [-0.15, -0.1) is 6.58 Å². The van der Waals surface area contributed by atoms with E-state index in [0.29, 0.717) is 0 Å². The van der Waals surface area contributed by atoms with Gasteiger partial charge in [0.1, 0.15) is 0 Å². The van der Waals surface area contributed by atoms with Crippen LogP contribution < -0.4 is 0 Å². The Hall–Kier alpha value is -3.67. The maximum absolute atomic E-state index is 9.60. The second-order valence-electron chi connectivity index (χ2n) is 7.32. The van der Waals surface area contributed by atoms with Gasteiger partial charge in [0, 0.05) is 16.7 Å². The Kier molecular flexibility index (Phi) is 21.8. The van der Waals surface area contributed by atoms with Crippen LogP contribution in [0.1, 0.15) is 65.0 Å². The fourth-order valence-corrected chi connectivity index (χ4v) is 1.96. The number of aliphatic carboxylic acids is 3. The summed E-state index contributed by atoms with van der Waals surface area (Å²) in [5, 5.41) is 23.7. The summed E-state index contributed by atoms with van der Waals surface area (Å²) in [4.78, 5) is 28.8. The Labute approximate surface area is 204 Å². The van der Waals surface area contributed by atoms with Crippen molar-refractivity contribution in [2.75, 3.05) is 0 Å². The molecule has 188 valence electrons. The highest BCUT2D eigenvalue weighted by Gasteiger charge is 2.04. The summed E-state index contributed by atoms with van der Waals surface area (Å²) in [6, 6.07) is 8.73. The van der Waals surface area contributed by atoms with E-state index in [9.17, 15) is 14.4 Å². The first kappa shape index (κ1) is 34.9. The van der Waals surface area contributed by atoms with Crippen molar-refractivity contribution in [1.82, 2.24) is 0 Å². The zero-order valence-electron chi connectivity index (χ0n) is 21.2. The molecule has 0 aliphatic carbocycles. The van der Waals surface area contributed by atoms with Gasteiger partial charge < -0.3 is 15.3 Å². The highest BCUT2D eigenvalue weighted by atomic mass is 16.4. The zero-order chi connectivity index (χ0) is 27.3. The van der Waals surface area contributed by atoms with Crippen LogP contribution in [0.5, 0.6) is 0 Å². The number of aryl methyl sites for hydroxylation is 1. The summed E-state index contributed by atoms with van der Waals surface area (Å²) in [6.45, 7) is 22.0. The molecule has 0 bridgehead atoms. The van der Waals surface area contributed by atoms with Crippen LogP contribution in [0.2, 0.25) is 0 Å². The van der Waals surface area contributed by atoms with E-state index in [0.717, 1.165) is 6.42 Å². The number of allylic oxidation sites excluding steroid dienone is 3. The van der Waals surface area contributed by atoms with Crippen molar-refractivity contribution in [3.63, 3.8) is 0 Å². The van der Waals surface area contributed by atoms with E-state index in [-0.39, 0.29) is 16.7 Å². The van der Waals surface area contributed by atoms with Crippen molar-refractivity contribution in [3.05, 3.63) is 90.6 Å². The molecular formula is C28H40O6. The minimum Gasteiger partial charge on any atom is -0.478 e. The van der Waals surface area contributed by atoms with Crippen molar-refractivity contribution in [2.45, 2.75) is 60.3 Å². The number of rotatable bonds is 9. The van der Waals surface area contributed by atoms with Gasteiger partial charge in [0.15, 0.2) is 0 Å². The molecule has 0 spiro atoms. The molecule has 6 heteroatoms. The van der Waals surface area contributed by atoms with Gasteiger partial charge in [0.25, 0.3) is 0 Å². The third kappa shape index (κ3) is 20.2. The minimum atomic E-state index is -0.935. The predicted octanol–water partition coefficient (Wildman–Crippen LogP) is 6.95. The molecule has 3 N–H and O–H groups in total. The Morgan fingerprint density at radius 3 is 1.53 bits per heavy atom. The van der Waals surface area contributed by atoms with Gasteiger partial charge in [0.2, 0.25) is 0 Å². The fraction of sp³-hybridized carbons (Fsp3) is 0.321. The van der Waals surface area contributed by atoms with Gasteiger partial charge in [-0.2, -0.15) is 0 Å². The molecule has 0 atom stereocenters. The summed E-state index contributed by atoms with van der Waals surface area (Å²) in [7, 11) is 0.